The van der Waals surface area contributed by atoms with Gasteiger partial charge in [-0.2, -0.15) is 0 Å². The van der Waals surface area contributed by atoms with Crippen molar-refractivity contribution < 1.29 is 9.59 Å². The van der Waals surface area contributed by atoms with Crippen molar-refractivity contribution in [3.05, 3.63) is 71.8 Å². The minimum Gasteiger partial charge on any atom is -0.352 e. The van der Waals surface area contributed by atoms with Crippen LogP contribution in [0, 0.1) is 0 Å². The lowest BCUT2D eigenvalue weighted by molar-refractivity contribution is -0.121. The Bertz CT molecular complexity index is 744. The molecular weight excluding hydrogens is 352 g/mol. The molecule has 0 aliphatic carbocycles. The fraction of sp³-hybridized carbons (Fsp3) is 0.364. The largest absolute Gasteiger partial charge is 0.352 e. The van der Waals surface area contributed by atoms with Gasteiger partial charge in [0.2, 0.25) is 5.91 Å². The lowest BCUT2D eigenvalue weighted by Gasteiger charge is -2.32. The first-order valence-electron chi connectivity index (χ1n) is 9.80. The van der Waals surface area contributed by atoms with E-state index in [2.05, 4.69) is 45.1 Å². The highest BCUT2D eigenvalue weighted by Crippen LogP contribution is 2.13. The molecule has 0 aromatic heterocycles. The number of carbonyl (C=O) groups excluding carboxylic acids is 2. The second kappa shape index (κ2) is 10.5. The number of urea groups is 1. The zero-order chi connectivity index (χ0) is 19.6. The normalized spacial score (nSPS) is 15.0. The van der Waals surface area contributed by atoms with Crippen molar-refractivity contribution in [3.8, 4) is 0 Å². The molecule has 3 rings (SSSR count). The molecule has 6 heteroatoms. The SMILES string of the molecule is O=C(CNC(=O)NCc1ccccc1)NC1CCN(Cc2ccccc2)CC1. The summed E-state index contributed by atoms with van der Waals surface area (Å²) >= 11 is 0. The predicted molar refractivity (Wildman–Crippen MR) is 110 cm³/mol. The maximum atomic E-state index is 12.1. The molecule has 0 spiro atoms. The number of nitrogens with one attached hydrogen (secondary N) is 3. The third kappa shape index (κ3) is 6.70. The molecule has 1 aliphatic heterocycles. The van der Waals surface area contributed by atoms with E-state index in [4.69, 9.17) is 0 Å². The van der Waals surface area contributed by atoms with Gasteiger partial charge in [-0.25, -0.2) is 4.79 Å². The molecule has 3 amide bonds. The second-order valence-corrected chi connectivity index (χ2v) is 7.13. The highest BCUT2D eigenvalue weighted by molar-refractivity contribution is 5.84. The number of nitrogens with zero attached hydrogens (tertiary/aromatic N) is 1. The molecule has 0 radical (unpaired) electrons. The molecule has 1 saturated heterocycles. The van der Waals surface area contributed by atoms with Crippen molar-refractivity contribution in [3.63, 3.8) is 0 Å². The first kappa shape index (κ1) is 19.9. The number of likely N-dealkylation sites (tertiary alicyclic amines) is 1. The molecule has 0 bridgehead atoms. The first-order chi connectivity index (χ1) is 13.7. The Morgan fingerprint density at radius 3 is 2.11 bits per heavy atom. The highest BCUT2D eigenvalue weighted by Gasteiger charge is 2.20. The van der Waals surface area contributed by atoms with E-state index < -0.39 is 0 Å². The molecule has 148 valence electrons. The van der Waals surface area contributed by atoms with E-state index in [0.29, 0.717) is 6.54 Å². The summed E-state index contributed by atoms with van der Waals surface area (Å²) < 4.78 is 0. The maximum Gasteiger partial charge on any atom is 0.315 e. The molecule has 1 fully saturated rings. The summed E-state index contributed by atoms with van der Waals surface area (Å²) in [4.78, 5) is 26.3. The zero-order valence-corrected chi connectivity index (χ0v) is 16.1. The predicted octanol–water partition coefficient (Wildman–Crippen LogP) is 2.27. The van der Waals surface area contributed by atoms with Crippen LogP contribution in [0.25, 0.3) is 0 Å². The van der Waals surface area contributed by atoms with Crippen LogP contribution in [0.2, 0.25) is 0 Å². The van der Waals surface area contributed by atoms with E-state index >= 15 is 0 Å². The smallest absolute Gasteiger partial charge is 0.315 e. The van der Waals surface area contributed by atoms with Crippen molar-refractivity contribution in [1.29, 1.82) is 0 Å². The third-order valence-electron chi connectivity index (χ3n) is 4.91. The van der Waals surface area contributed by atoms with Gasteiger partial charge in [0.25, 0.3) is 0 Å². The van der Waals surface area contributed by atoms with Gasteiger partial charge < -0.3 is 16.0 Å². The Balaban J connectivity index is 1.29. The number of hydrogen-bond acceptors (Lipinski definition) is 3. The van der Waals surface area contributed by atoms with Gasteiger partial charge >= 0.3 is 6.03 Å². The van der Waals surface area contributed by atoms with Crippen molar-refractivity contribution in [1.82, 2.24) is 20.9 Å². The van der Waals surface area contributed by atoms with Crippen molar-refractivity contribution in [2.45, 2.75) is 32.0 Å². The van der Waals surface area contributed by atoms with Crippen LogP contribution in [-0.4, -0.2) is 42.5 Å². The highest BCUT2D eigenvalue weighted by atomic mass is 16.2. The van der Waals surface area contributed by atoms with E-state index in [1.807, 2.05) is 36.4 Å². The van der Waals surface area contributed by atoms with Gasteiger partial charge in [0.1, 0.15) is 0 Å². The van der Waals surface area contributed by atoms with E-state index in [9.17, 15) is 9.59 Å². The zero-order valence-electron chi connectivity index (χ0n) is 16.1. The quantitative estimate of drug-likeness (QED) is 0.690. The summed E-state index contributed by atoms with van der Waals surface area (Å²) in [5.41, 5.74) is 2.33. The minimum absolute atomic E-state index is 0.00907. The van der Waals surface area contributed by atoms with Gasteiger partial charge in [-0.15, -0.1) is 0 Å². The van der Waals surface area contributed by atoms with Gasteiger partial charge in [-0.3, -0.25) is 9.69 Å². The van der Waals surface area contributed by atoms with Crippen LogP contribution in [0.4, 0.5) is 4.79 Å². The molecule has 28 heavy (non-hydrogen) atoms. The fourth-order valence-corrected chi connectivity index (χ4v) is 3.36. The van der Waals surface area contributed by atoms with E-state index in [1.165, 1.54) is 5.56 Å². The average molecular weight is 380 g/mol. The van der Waals surface area contributed by atoms with Crippen LogP contribution in [0.1, 0.15) is 24.0 Å². The van der Waals surface area contributed by atoms with E-state index in [-0.39, 0.29) is 24.5 Å². The van der Waals surface area contributed by atoms with Gasteiger partial charge in [0, 0.05) is 32.2 Å². The van der Waals surface area contributed by atoms with Gasteiger partial charge in [-0.1, -0.05) is 60.7 Å². The van der Waals surface area contributed by atoms with Gasteiger partial charge in [-0.05, 0) is 24.0 Å². The van der Waals surface area contributed by atoms with Gasteiger partial charge in [0.15, 0.2) is 0 Å². The summed E-state index contributed by atoms with van der Waals surface area (Å²) in [6.07, 6.45) is 1.86. The fourth-order valence-electron chi connectivity index (χ4n) is 3.36. The van der Waals surface area contributed by atoms with Crippen molar-refractivity contribution in [2.24, 2.45) is 0 Å². The maximum absolute atomic E-state index is 12.1. The van der Waals surface area contributed by atoms with Crippen LogP contribution >= 0.6 is 0 Å². The second-order valence-electron chi connectivity index (χ2n) is 7.13. The third-order valence-corrected chi connectivity index (χ3v) is 4.91. The first-order valence-corrected chi connectivity index (χ1v) is 9.80. The lowest BCUT2D eigenvalue weighted by atomic mass is 10.0. The topological polar surface area (TPSA) is 73.5 Å². The molecule has 2 aromatic carbocycles. The molecule has 0 unspecified atom stereocenters. The average Bonchev–Trinajstić information content (AvgIpc) is 2.74. The molecule has 3 N–H and O–H groups in total. The molecule has 2 aromatic rings. The summed E-state index contributed by atoms with van der Waals surface area (Å²) in [5, 5.41) is 8.39. The summed E-state index contributed by atoms with van der Waals surface area (Å²) in [6.45, 7) is 3.30. The summed E-state index contributed by atoms with van der Waals surface area (Å²) in [7, 11) is 0. The van der Waals surface area contributed by atoms with Crippen LogP contribution < -0.4 is 16.0 Å². The molecule has 1 heterocycles. The summed E-state index contributed by atoms with van der Waals surface area (Å²) in [5.74, 6) is -0.142. The number of benzene rings is 2. The molecule has 0 saturated carbocycles. The van der Waals surface area contributed by atoms with Crippen LogP contribution in [0.3, 0.4) is 0 Å². The monoisotopic (exact) mass is 380 g/mol. The Kier molecular flexibility index (Phi) is 7.44. The molecule has 0 atom stereocenters. The Hall–Kier alpha value is -2.86. The Labute approximate surface area is 166 Å². The molecular formula is C22H28N4O2. The van der Waals surface area contributed by atoms with Gasteiger partial charge in [0.05, 0.1) is 6.54 Å². The molecule has 1 aliphatic rings. The minimum atomic E-state index is -0.336. The lowest BCUT2D eigenvalue weighted by Crippen LogP contribution is -2.48. The Morgan fingerprint density at radius 2 is 1.46 bits per heavy atom. The number of amides is 3. The van der Waals surface area contributed by atoms with Crippen molar-refractivity contribution >= 4 is 11.9 Å². The number of rotatable bonds is 7. The van der Waals surface area contributed by atoms with E-state index in [0.717, 1.165) is 38.0 Å². The number of piperidine rings is 1. The van der Waals surface area contributed by atoms with Crippen LogP contribution in [0.15, 0.2) is 60.7 Å². The van der Waals surface area contributed by atoms with Crippen LogP contribution in [-0.2, 0) is 17.9 Å². The van der Waals surface area contributed by atoms with E-state index in [1.54, 1.807) is 0 Å². The summed E-state index contributed by atoms with van der Waals surface area (Å²) in [6, 6.07) is 19.9. The number of carbonyl (C=O) groups is 2. The van der Waals surface area contributed by atoms with Crippen LogP contribution in [0.5, 0.6) is 0 Å². The van der Waals surface area contributed by atoms with Crippen molar-refractivity contribution in [2.75, 3.05) is 19.6 Å². The molecule has 6 nitrogen and oxygen atoms in total. The standard InChI is InChI=1S/C22H28N4O2/c27-21(16-24-22(28)23-15-18-7-3-1-4-8-18)25-20-11-13-26(14-12-20)17-19-9-5-2-6-10-19/h1-10,20H,11-17H2,(H,25,27)(H2,23,24,28). The Morgan fingerprint density at radius 1 is 0.857 bits per heavy atom. The number of hydrogen-bond donors (Lipinski definition) is 3.